The number of hydrogen-bond donors (Lipinski definition) is 4. The lowest BCUT2D eigenvalue weighted by Crippen LogP contribution is -2.59. The summed E-state index contributed by atoms with van der Waals surface area (Å²) in [5.41, 5.74) is 1.05. The van der Waals surface area contributed by atoms with Crippen molar-refractivity contribution >= 4 is 18.0 Å². The maximum Gasteiger partial charge on any atom is 0.331 e. The summed E-state index contributed by atoms with van der Waals surface area (Å²) in [5.74, 6) is -1.56. The minimum atomic E-state index is -1.61. The van der Waals surface area contributed by atoms with Gasteiger partial charge in [-0.2, -0.15) is 0 Å². The highest BCUT2D eigenvalue weighted by Gasteiger charge is 2.47. The summed E-state index contributed by atoms with van der Waals surface area (Å²) in [5, 5.41) is 39.4. The van der Waals surface area contributed by atoms with E-state index in [1.165, 1.54) is 32.2 Å². The van der Waals surface area contributed by atoms with Crippen molar-refractivity contribution in [3.63, 3.8) is 0 Å². The Hall–Kier alpha value is -2.66. The molecule has 0 radical (unpaired) electrons. The third-order valence-electron chi connectivity index (χ3n) is 4.55. The lowest BCUT2D eigenvalue weighted by Gasteiger charge is -2.40. The van der Waals surface area contributed by atoms with Gasteiger partial charge in [0, 0.05) is 19.6 Å². The smallest absolute Gasteiger partial charge is 0.331 e. The Kier molecular flexibility index (Phi) is 8.18. The first-order valence-electron chi connectivity index (χ1n) is 9.26. The molecule has 0 bridgehead atoms. The summed E-state index contributed by atoms with van der Waals surface area (Å²) < 4.78 is 20.3. The van der Waals surface area contributed by atoms with Gasteiger partial charge in [-0.3, -0.25) is 4.79 Å². The number of aromatic hydroxyl groups is 1. The fourth-order valence-corrected chi connectivity index (χ4v) is 3.07. The van der Waals surface area contributed by atoms with Crippen LogP contribution in [-0.4, -0.2) is 76.8 Å². The fraction of sp³-hybridized carbons (Fsp3) is 0.500. The predicted molar refractivity (Wildman–Crippen MR) is 102 cm³/mol. The fourth-order valence-electron chi connectivity index (χ4n) is 3.07. The first-order valence-corrected chi connectivity index (χ1v) is 9.26. The molecule has 166 valence electrons. The summed E-state index contributed by atoms with van der Waals surface area (Å²) in [6, 6.07) is 2.89. The van der Waals surface area contributed by atoms with Crippen LogP contribution in [-0.2, 0) is 30.2 Å². The first kappa shape index (κ1) is 23.6. The first-order chi connectivity index (χ1) is 14.2. The molecule has 10 heteroatoms. The maximum absolute atomic E-state index is 12.3. The van der Waals surface area contributed by atoms with Gasteiger partial charge in [0.1, 0.15) is 6.10 Å². The van der Waals surface area contributed by atoms with E-state index < -0.39 is 42.6 Å². The predicted octanol–water partition coefficient (Wildman–Crippen LogP) is -0.110. The number of aliphatic hydroxyl groups is 3. The molecule has 0 saturated carbocycles. The van der Waals surface area contributed by atoms with Crippen LogP contribution < -0.4 is 4.74 Å². The highest BCUT2D eigenvalue weighted by molar-refractivity contribution is 5.87. The standard InChI is InChI=1S/C20H26O10/c1-10-17(25)18(29-11(2)22)19(20(26)28-10)30-16(24)5-4-12-9-15(27-3)14(23)8-13(12)6-7-21/h4-5,8-10,17-21,23,25-26H,6-7H2,1-3H3/b5-4+/t10-,17-,18+,19+,20+/m0/s1. The van der Waals surface area contributed by atoms with E-state index in [2.05, 4.69) is 0 Å². The van der Waals surface area contributed by atoms with Gasteiger partial charge < -0.3 is 39.4 Å². The minimum absolute atomic E-state index is 0.115. The van der Waals surface area contributed by atoms with E-state index >= 15 is 0 Å². The number of methoxy groups -OCH3 is 1. The number of hydrogen-bond acceptors (Lipinski definition) is 10. The largest absolute Gasteiger partial charge is 0.504 e. The molecule has 5 atom stereocenters. The van der Waals surface area contributed by atoms with Crippen LogP contribution >= 0.6 is 0 Å². The van der Waals surface area contributed by atoms with Crippen LogP contribution in [0.4, 0.5) is 0 Å². The van der Waals surface area contributed by atoms with Crippen LogP contribution in [0, 0.1) is 0 Å². The molecular weight excluding hydrogens is 400 g/mol. The van der Waals surface area contributed by atoms with E-state index in [9.17, 15) is 30.0 Å². The van der Waals surface area contributed by atoms with E-state index in [4.69, 9.17) is 18.9 Å². The van der Waals surface area contributed by atoms with Crippen LogP contribution in [0.1, 0.15) is 25.0 Å². The Labute approximate surface area is 173 Å². The Morgan fingerprint density at radius 1 is 1.20 bits per heavy atom. The molecule has 1 fully saturated rings. The molecule has 1 saturated heterocycles. The highest BCUT2D eigenvalue weighted by atomic mass is 16.7. The molecule has 0 unspecified atom stereocenters. The van der Waals surface area contributed by atoms with Crippen molar-refractivity contribution in [2.24, 2.45) is 0 Å². The topological polar surface area (TPSA) is 152 Å². The van der Waals surface area contributed by atoms with Gasteiger partial charge in [0.2, 0.25) is 0 Å². The molecule has 0 aliphatic carbocycles. The van der Waals surface area contributed by atoms with E-state index in [-0.39, 0.29) is 24.5 Å². The van der Waals surface area contributed by atoms with Gasteiger partial charge in [0.05, 0.1) is 13.2 Å². The van der Waals surface area contributed by atoms with Crippen molar-refractivity contribution < 1.29 is 49.0 Å². The van der Waals surface area contributed by atoms with Gasteiger partial charge in [-0.05, 0) is 42.7 Å². The molecule has 1 aliphatic rings. The number of esters is 2. The highest BCUT2D eigenvalue weighted by Crippen LogP contribution is 2.31. The molecule has 1 heterocycles. The van der Waals surface area contributed by atoms with Gasteiger partial charge in [-0.1, -0.05) is 0 Å². The number of aliphatic hydroxyl groups excluding tert-OH is 3. The Bertz CT molecular complexity index is 790. The van der Waals surface area contributed by atoms with Gasteiger partial charge in [0.15, 0.2) is 30.0 Å². The summed E-state index contributed by atoms with van der Waals surface area (Å²) in [7, 11) is 1.37. The summed E-state index contributed by atoms with van der Waals surface area (Å²) >= 11 is 0. The van der Waals surface area contributed by atoms with Crippen LogP contribution in [0.2, 0.25) is 0 Å². The molecular formula is C20H26O10. The Balaban J connectivity index is 2.20. The van der Waals surface area contributed by atoms with Crippen molar-refractivity contribution in [3.8, 4) is 11.5 Å². The van der Waals surface area contributed by atoms with Crippen LogP contribution in [0.3, 0.4) is 0 Å². The van der Waals surface area contributed by atoms with Gasteiger partial charge in [-0.25, -0.2) is 4.79 Å². The number of benzene rings is 1. The zero-order chi connectivity index (χ0) is 22.4. The Morgan fingerprint density at radius 2 is 1.90 bits per heavy atom. The number of carbonyl (C=O) groups is 2. The molecule has 0 amide bonds. The molecule has 4 N–H and O–H groups in total. The van der Waals surface area contributed by atoms with Gasteiger partial charge >= 0.3 is 11.9 Å². The average Bonchev–Trinajstić information content (AvgIpc) is 2.68. The average molecular weight is 426 g/mol. The quantitative estimate of drug-likeness (QED) is 0.343. The zero-order valence-electron chi connectivity index (χ0n) is 16.8. The number of carbonyl (C=O) groups excluding carboxylic acids is 2. The van der Waals surface area contributed by atoms with E-state index in [0.29, 0.717) is 11.1 Å². The molecule has 1 aromatic carbocycles. The minimum Gasteiger partial charge on any atom is -0.504 e. The third kappa shape index (κ3) is 5.70. The van der Waals surface area contributed by atoms with Crippen molar-refractivity contribution in [3.05, 3.63) is 29.3 Å². The summed E-state index contributed by atoms with van der Waals surface area (Å²) in [6.07, 6.45) is -3.86. The SMILES string of the molecule is COc1cc(/C=C/C(=O)O[C@@H]2[C@H](OC(C)=O)[C@@H](O)[C@H](C)O[C@H]2O)c(CCO)cc1O. The van der Waals surface area contributed by atoms with Crippen LogP contribution in [0.5, 0.6) is 11.5 Å². The Morgan fingerprint density at radius 3 is 2.50 bits per heavy atom. The number of ether oxygens (including phenoxy) is 4. The van der Waals surface area contributed by atoms with Gasteiger partial charge in [-0.15, -0.1) is 0 Å². The maximum atomic E-state index is 12.3. The number of rotatable bonds is 7. The summed E-state index contributed by atoms with van der Waals surface area (Å²) in [6.45, 7) is 2.42. The zero-order valence-corrected chi connectivity index (χ0v) is 16.8. The van der Waals surface area contributed by atoms with Crippen molar-refractivity contribution in [1.82, 2.24) is 0 Å². The normalized spacial score (nSPS) is 26.4. The second kappa shape index (κ2) is 10.4. The second-order valence-electron chi connectivity index (χ2n) is 6.73. The van der Waals surface area contributed by atoms with E-state index in [1.807, 2.05) is 0 Å². The molecule has 1 aromatic rings. The lowest BCUT2D eigenvalue weighted by molar-refractivity contribution is -0.284. The molecule has 10 nitrogen and oxygen atoms in total. The summed E-state index contributed by atoms with van der Waals surface area (Å²) in [4.78, 5) is 23.6. The van der Waals surface area contributed by atoms with E-state index in [1.54, 1.807) is 0 Å². The van der Waals surface area contributed by atoms with Crippen molar-refractivity contribution in [1.29, 1.82) is 0 Å². The van der Waals surface area contributed by atoms with Crippen molar-refractivity contribution in [2.45, 2.75) is 51.0 Å². The molecule has 0 spiro atoms. The molecule has 30 heavy (non-hydrogen) atoms. The monoisotopic (exact) mass is 426 g/mol. The molecule has 1 aliphatic heterocycles. The lowest BCUT2D eigenvalue weighted by atomic mass is 9.99. The number of phenols is 1. The third-order valence-corrected chi connectivity index (χ3v) is 4.55. The van der Waals surface area contributed by atoms with E-state index in [0.717, 1.165) is 13.0 Å². The van der Waals surface area contributed by atoms with Crippen LogP contribution in [0.25, 0.3) is 6.08 Å². The second-order valence-corrected chi connectivity index (χ2v) is 6.73. The molecule has 2 rings (SSSR count). The van der Waals surface area contributed by atoms with Crippen molar-refractivity contribution in [2.75, 3.05) is 13.7 Å². The number of phenolic OH excluding ortho intramolecular Hbond substituents is 1. The van der Waals surface area contributed by atoms with Gasteiger partial charge in [0.25, 0.3) is 0 Å². The van der Waals surface area contributed by atoms with Crippen LogP contribution in [0.15, 0.2) is 18.2 Å². The molecule has 0 aromatic heterocycles.